The molecule has 0 aromatic heterocycles. The van der Waals surface area contributed by atoms with Crippen molar-refractivity contribution < 1.29 is 14.2 Å². The summed E-state index contributed by atoms with van der Waals surface area (Å²) in [6, 6.07) is 0. The number of hydrogen-bond donors (Lipinski definition) is 0. The summed E-state index contributed by atoms with van der Waals surface area (Å²) >= 11 is 0. The van der Waals surface area contributed by atoms with E-state index >= 15 is 0 Å². The lowest BCUT2D eigenvalue weighted by Gasteiger charge is -2.02. The van der Waals surface area contributed by atoms with Crippen molar-refractivity contribution in [3.8, 4) is 0 Å². The third kappa shape index (κ3) is 5.81. The highest BCUT2D eigenvalue weighted by molar-refractivity contribution is 8.76. The van der Waals surface area contributed by atoms with E-state index in [-0.39, 0.29) is 0 Å². The average Bonchev–Trinajstić information content (AvgIpc) is 2.08. The molecule has 0 radical (unpaired) electrons. The number of rotatable bonds is 0. The van der Waals surface area contributed by atoms with Gasteiger partial charge in [-0.1, -0.05) is 21.6 Å². The largest absolute Gasteiger partial charge is 0.354 e. The molecule has 0 saturated carbocycles. The second-order valence-corrected chi connectivity index (χ2v) is 4.60. The summed E-state index contributed by atoms with van der Waals surface area (Å²) in [7, 11) is 3.63. The van der Waals surface area contributed by atoms with E-state index in [9.17, 15) is 0 Å². The van der Waals surface area contributed by atoms with E-state index in [1.165, 1.54) is 0 Å². The highest BCUT2D eigenvalue weighted by Gasteiger charge is 1.95. The summed E-state index contributed by atoms with van der Waals surface area (Å²) in [5, 5.41) is 0. The van der Waals surface area contributed by atoms with Gasteiger partial charge in [-0.05, 0) is 0 Å². The van der Waals surface area contributed by atoms with Crippen molar-refractivity contribution in [1.29, 1.82) is 0 Å². The first-order chi connectivity index (χ1) is 5.50. The lowest BCUT2D eigenvalue weighted by molar-refractivity contribution is -0.125. The normalized spacial score (nSPS) is 24.0. The zero-order chi connectivity index (χ0) is 7.78. The summed E-state index contributed by atoms with van der Waals surface area (Å²) in [4.78, 5) is 0. The van der Waals surface area contributed by atoms with Gasteiger partial charge in [-0.25, -0.2) is 0 Å². The molecular weight excluding hydrogens is 184 g/mol. The molecule has 3 nitrogen and oxygen atoms in total. The van der Waals surface area contributed by atoms with Gasteiger partial charge in [0.15, 0.2) is 0 Å². The Morgan fingerprint density at radius 2 is 1.27 bits per heavy atom. The zero-order valence-corrected chi connectivity index (χ0v) is 7.92. The fourth-order valence-electron chi connectivity index (χ4n) is 0.573. The van der Waals surface area contributed by atoms with E-state index < -0.39 is 0 Å². The zero-order valence-electron chi connectivity index (χ0n) is 6.28. The fraction of sp³-hybridized carbons (Fsp3) is 1.00. The molecule has 0 N–H and O–H groups in total. The second kappa shape index (κ2) is 7.24. The van der Waals surface area contributed by atoms with Crippen LogP contribution in [0.4, 0.5) is 0 Å². The number of ether oxygens (including phenoxy) is 3. The molecule has 0 aromatic rings. The minimum Gasteiger partial charge on any atom is -0.354 e. The predicted molar refractivity (Wildman–Crippen MR) is 47.6 cm³/mol. The van der Waals surface area contributed by atoms with Gasteiger partial charge in [-0.3, -0.25) is 0 Å². The topological polar surface area (TPSA) is 27.7 Å². The fourth-order valence-corrected chi connectivity index (χ4v) is 2.30. The Labute approximate surface area is 74.5 Å². The summed E-state index contributed by atoms with van der Waals surface area (Å²) in [6.45, 7) is 2.23. The van der Waals surface area contributed by atoms with Gasteiger partial charge in [0.1, 0.15) is 13.6 Å². The van der Waals surface area contributed by atoms with Crippen LogP contribution in [0.5, 0.6) is 0 Å². The van der Waals surface area contributed by atoms with Crippen LogP contribution in [-0.2, 0) is 14.2 Å². The third-order valence-electron chi connectivity index (χ3n) is 1.04. The Morgan fingerprint density at radius 1 is 0.727 bits per heavy atom. The van der Waals surface area contributed by atoms with Crippen LogP contribution in [0.1, 0.15) is 0 Å². The van der Waals surface area contributed by atoms with Crippen molar-refractivity contribution >= 4 is 21.6 Å². The van der Waals surface area contributed by atoms with Crippen LogP contribution in [0.3, 0.4) is 0 Å². The Hall–Kier alpha value is 0.580. The van der Waals surface area contributed by atoms with Gasteiger partial charge in [0, 0.05) is 11.5 Å². The molecule has 0 atom stereocenters. The first-order valence-corrected chi connectivity index (χ1v) is 5.96. The minimum absolute atomic E-state index is 0.352. The summed E-state index contributed by atoms with van der Waals surface area (Å²) in [5.74, 6) is 2.04. The van der Waals surface area contributed by atoms with E-state index in [1.54, 1.807) is 0 Å². The van der Waals surface area contributed by atoms with Crippen LogP contribution >= 0.6 is 21.6 Å². The molecule has 1 saturated heterocycles. The van der Waals surface area contributed by atoms with Gasteiger partial charge in [-0.2, -0.15) is 0 Å². The first kappa shape index (κ1) is 9.67. The molecule has 0 amide bonds. The molecule has 0 bridgehead atoms. The Bertz CT molecular complexity index is 53.8. The predicted octanol–water partition coefficient (Wildman–Crippen LogP) is 1.35. The Balaban J connectivity index is 2.02. The van der Waals surface area contributed by atoms with Gasteiger partial charge >= 0.3 is 0 Å². The molecule has 1 heterocycles. The molecule has 66 valence electrons. The summed E-state index contributed by atoms with van der Waals surface area (Å²) in [5.41, 5.74) is 0. The summed E-state index contributed by atoms with van der Waals surface area (Å²) in [6.07, 6.45) is 0. The maximum Gasteiger partial charge on any atom is 0.149 e. The van der Waals surface area contributed by atoms with Crippen LogP contribution < -0.4 is 0 Å². The quantitative estimate of drug-likeness (QED) is 0.545. The van der Waals surface area contributed by atoms with Crippen molar-refractivity contribution in [3.05, 3.63) is 0 Å². The Kier molecular flexibility index (Phi) is 6.36. The van der Waals surface area contributed by atoms with Crippen LogP contribution in [0, 0.1) is 0 Å². The first-order valence-electron chi connectivity index (χ1n) is 3.48. The molecule has 0 aliphatic carbocycles. The maximum atomic E-state index is 5.13. The van der Waals surface area contributed by atoms with Gasteiger partial charge in [0.25, 0.3) is 0 Å². The minimum atomic E-state index is 0.352. The highest BCUT2D eigenvalue weighted by atomic mass is 33.1. The molecule has 0 spiro atoms. The SMILES string of the molecule is C1CSSCCOCOCO1. The molecule has 1 rings (SSSR count). The van der Waals surface area contributed by atoms with E-state index in [2.05, 4.69) is 0 Å². The van der Waals surface area contributed by atoms with Crippen LogP contribution in [0.15, 0.2) is 0 Å². The average molecular weight is 196 g/mol. The van der Waals surface area contributed by atoms with E-state index in [0.29, 0.717) is 13.6 Å². The molecule has 1 aliphatic rings. The Morgan fingerprint density at radius 3 is 1.82 bits per heavy atom. The number of hydrogen-bond acceptors (Lipinski definition) is 5. The van der Waals surface area contributed by atoms with E-state index in [4.69, 9.17) is 14.2 Å². The highest BCUT2D eigenvalue weighted by Crippen LogP contribution is 2.20. The van der Waals surface area contributed by atoms with Crippen molar-refractivity contribution in [1.82, 2.24) is 0 Å². The van der Waals surface area contributed by atoms with Crippen LogP contribution in [-0.4, -0.2) is 38.3 Å². The van der Waals surface area contributed by atoms with Crippen molar-refractivity contribution in [2.75, 3.05) is 38.3 Å². The van der Waals surface area contributed by atoms with Crippen molar-refractivity contribution in [2.45, 2.75) is 0 Å². The molecule has 11 heavy (non-hydrogen) atoms. The third-order valence-corrected chi connectivity index (χ3v) is 3.37. The maximum absolute atomic E-state index is 5.13. The lowest BCUT2D eigenvalue weighted by Crippen LogP contribution is -2.06. The van der Waals surface area contributed by atoms with Gasteiger partial charge < -0.3 is 14.2 Å². The molecule has 0 unspecified atom stereocenters. The molecular formula is C6H12O3S2. The smallest absolute Gasteiger partial charge is 0.149 e. The van der Waals surface area contributed by atoms with Crippen molar-refractivity contribution in [3.63, 3.8) is 0 Å². The van der Waals surface area contributed by atoms with Crippen LogP contribution in [0.25, 0.3) is 0 Å². The molecule has 1 aliphatic heterocycles. The van der Waals surface area contributed by atoms with E-state index in [1.807, 2.05) is 21.6 Å². The molecule has 5 heteroatoms. The van der Waals surface area contributed by atoms with E-state index in [0.717, 1.165) is 24.7 Å². The summed E-state index contributed by atoms with van der Waals surface area (Å²) < 4.78 is 15.3. The second-order valence-electron chi connectivity index (χ2n) is 1.90. The molecule has 1 fully saturated rings. The lowest BCUT2D eigenvalue weighted by atomic mass is 10.9. The molecule has 0 aromatic carbocycles. The monoisotopic (exact) mass is 196 g/mol. The van der Waals surface area contributed by atoms with Crippen LogP contribution in [0.2, 0.25) is 0 Å². The standard InChI is InChI=1S/C6H12O3S2/c1-3-10-11-4-2-8-6-9-5-7-1/h1-6H2. The van der Waals surface area contributed by atoms with Gasteiger partial charge in [-0.15, -0.1) is 0 Å². The van der Waals surface area contributed by atoms with Gasteiger partial charge in [0.05, 0.1) is 13.2 Å². The van der Waals surface area contributed by atoms with Gasteiger partial charge in [0.2, 0.25) is 0 Å². The van der Waals surface area contributed by atoms with Crippen molar-refractivity contribution in [2.24, 2.45) is 0 Å².